The van der Waals surface area contributed by atoms with Crippen molar-refractivity contribution in [3.63, 3.8) is 0 Å². The van der Waals surface area contributed by atoms with Crippen LogP contribution < -0.4 is 0 Å². The van der Waals surface area contributed by atoms with Gasteiger partial charge in [-0.25, -0.2) is 4.99 Å². The number of nitrogens with zero attached hydrogens (tertiary/aromatic N) is 1. The Labute approximate surface area is 155 Å². The zero-order valence-corrected chi connectivity index (χ0v) is 15.2. The molecule has 2 nitrogen and oxygen atoms in total. The fourth-order valence-corrected chi connectivity index (χ4v) is 2.72. The average molecular weight is 341 g/mol. The van der Waals surface area contributed by atoms with Crippen LogP contribution in [0.4, 0.5) is 0 Å². The van der Waals surface area contributed by atoms with E-state index in [2.05, 4.69) is 55.5 Å². The molecule has 0 saturated heterocycles. The van der Waals surface area contributed by atoms with Crippen molar-refractivity contribution in [1.82, 2.24) is 0 Å². The topological polar surface area (TPSA) is 21.6 Å². The maximum Gasteiger partial charge on any atom is 0.0781 e. The largest absolute Gasteiger partial charge is 0.381 e. The molecule has 0 N–H and O–H groups in total. The van der Waals surface area contributed by atoms with Crippen molar-refractivity contribution in [2.45, 2.75) is 6.92 Å². The number of hydrogen-bond acceptors (Lipinski definition) is 2. The summed E-state index contributed by atoms with van der Waals surface area (Å²) in [6.45, 7) is 2.61. The Balaban J connectivity index is 2.12. The van der Waals surface area contributed by atoms with E-state index in [-0.39, 0.29) is 0 Å². The van der Waals surface area contributed by atoms with Crippen LogP contribution in [0.1, 0.15) is 22.3 Å². The molecular weight excluding hydrogens is 318 g/mol. The molecule has 0 aliphatic rings. The normalized spacial score (nSPS) is 11.2. The number of benzene rings is 3. The molecule has 0 bridgehead atoms. The Morgan fingerprint density at radius 1 is 0.769 bits per heavy atom. The second-order valence-electron chi connectivity index (χ2n) is 6.10. The lowest BCUT2D eigenvalue weighted by Crippen LogP contribution is -2.04. The fraction of sp³-hybridized carbons (Fsp3) is 0.125. The van der Waals surface area contributed by atoms with Gasteiger partial charge in [-0.2, -0.15) is 0 Å². The third-order valence-electron chi connectivity index (χ3n) is 4.12. The Morgan fingerprint density at radius 2 is 1.31 bits per heavy atom. The molecule has 3 rings (SSSR count). The van der Waals surface area contributed by atoms with E-state index in [9.17, 15) is 0 Å². The molecule has 0 fully saturated rings. The van der Waals surface area contributed by atoms with Crippen molar-refractivity contribution in [2.24, 2.45) is 4.99 Å². The van der Waals surface area contributed by atoms with E-state index < -0.39 is 0 Å². The molecule has 130 valence electrons. The molecule has 0 unspecified atom stereocenters. The molecule has 0 aromatic heterocycles. The first-order valence-electron chi connectivity index (χ1n) is 8.73. The molecule has 0 amide bonds. The van der Waals surface area contributed by atoms with Gasteiger partial charge in [-0.05, 0) is 18.6 Å². The molecular formula is C24H23NO. The Morgan fingerprint density at radius 3 is 1.81 bits per heavy atom. The monoisotopic (exact) mass is 341 g/mol. The first-order valence-corrected chi connectivity index (χ1v) is 8.73. The van der Waals surface area contributed by atoms with Crippen LogP contribution in [-0.4, -0.2) is 19.4 Å². The van der Waals surface area contributed by atoms with E-state index in [1.165, 1.54) is 5.56 Å². The van der Waals surface area contributed by atoms with Crippen LogP contribution in [-0.2, 0) is 4.74 Å². The zero-order valence-electron chi connectivity index (χ0n) is 15.2. The molecule has 0 saturated carbocycles. The van der Waals surface area contributed by atoms with Crippen molar-refractivity contribution < 1.29 is 4.74 Å². The van der Waals surface area contributed by atoms with E-state index in [1.807, 2.05) is 42.5 Å². The average Bonchev–Trinajstić information content (AvgIpc) is 2.70. The van der Waals surface area contributed by atoms with E-state index in [0.29, 0.717) is 6.61 Å². The van der Waals surface area contributed by atoms with Crippen molar-refractivity contribution in [3.8, 4) is 0 Å². The number of aliphatic imine (C=N–C) groups is 1. The molecule has 26 heavy (non-hydrogen) atoms. The molecule has 0 radical (unpaired) electrons. The van der Waals surface area contributed by atoms with Gasteiger partial charge in [0, 0.05) is 18.2 Å². The minimum Gasteiger partial charge on any atom is -0.381 e. The summed E-state index contributed by atoms with van der Waals surface area (Å²) in [4.78, 5) is 5.05. The van der Waals surface area contributed by atoms with Crippen LogP contribution in [0, 0.1) is 6.92 Å². The highest BCUT2D eigenvalue weighted by Gasteiger charge is 2.09. The minimum atomic E-state index is 0.517. The van der Waals surface area contributed by atoms with Crippen LogP contribution in [0.3, 0.4) is 0 Å². The smallest absolute Gasteiger partial charge is 0.0781 e. The van der Waals surface area contributed by atoms with E-state index in [4.69, 9.17) is 9.73 Å². The Kier molecular flexibility index (Phi) is 6.13. The zero-order chi connectivity index (χ0) is 18.2. The van der Waals surface area contributed by atoms with Crippen LogP contribution in [0.2, 0.25) is 0 Å². The second-order valence-corrected chi connectivity index (χ2v) is 6.10. The van der Waals surface area contributed by atoms with Gasteiger partial charge in [0.1, 0.15) is 0 Å². The van der Waals surface area contributed by atoms with Gasteiger partial charge in [-0.15, -0.1) is 0 Å². The van der Waals surface area contributed by atoms with E-state index in [0.717, 1.165) is 28.1 Å². The Hall–Kier alpha value is -2.97. The standard InChI is InChI=1S/C24H23NO/c1-19-13-15-20(16-14-19)23(17-18-26-2)25-24(21-9-5-3-6-10-21)22-11-7-4-8-12-22/h3-17H,18H2,1-2H3/b23-17+. The van der Waals surface area contributed by atoms with Crippen LogP contribution in [0.5, 0.6) is 0 Å². The van der Waals surface area contributed by atoms with E-state index >= 15 is 0 Å². The van der Waals surface area contributed by atoms with Crippen molar-refractivity contribution in [2.75, 3.05) is 13.7 Å². The number of hydrogen-bond donors (Lipinski definition) is 0. The minimum absolute atomic E-state index is 0.517. The predicted octanol–water partition coefficient (Wildman–Crippen LogP) is 5.52. The molecule has 3 aromatic carbocycles. The summed E-state index contributed by atoms with van der Waals surface area (Å²) in [6.07, 6.45) is 2.02. The van der Waals surface area contributed by atoms with Gasteiger partial charge in [0.05, 0.1) is 18.0 Å². The molecule has 0 aliphatic heterocycles. The van der Waals surface area contributed by atoms with Crippen molar-refractivity contribution >= 4 is 11.4 Å². The molecule has 0 spiro atoms. The van der Waals surface area contributed by atoms with Crippen LogP contribution in [0.25, 0.3) is 5.70 Å². The number of aryl methyl sites for hydroxylation is 1. The van der Waals surface area contributed by atoms with Gasteiger partial charge in [-0.1, -0.05) is 90.5 Å². The summed E-state index contributed by atoms with van der Waals surface area (Å²) < 4.78 is 5.26. The van der Waals surface area contributed by atoms with Gasteiger partial charge in [0.15, 0.2) is 0 Å². The van der Waals surface area contributed by atoms with Crippen LogP contribution >= 0.6 is 0 Å². The van der Waals surface area contributed by atoms with Gasteiger partial charge in [-0.3, -0.25) is 0 Å². The molecule has 0 atom stereocenters. The van der Waals surface area contributed by atoms with Gasteiger partial charge < -0.3 is 4.74 Å². The summed E-state index contributed by atoms with van der Waals surface area (Å²) in [5, 5.41) is 0. The number of ether oxygens (including phenoxy) is 1. The summed E-state index contributed by atoms with van der Waals surface area (Å²) >= 11 is 0. The SMILES string of the molecule is COC/C=C(/N=C(c1ccccc1)c1ccccc1)c1ccc(C)cc1. The molecule has 0 heterocycles. The molecule has 3 aromatic rings. The van der Waals surface area contributed by atoms with Crippen molar-refractivity contribution in [1.29, 1.82) is 0 Å². The molecule has 0 aliphatic carbocycles. The Bertz CT molecular complexity index is 837. The second kappa shape index (κ2) is 8.93. The van der Waals surface area contributed by atoms with Gasteiger partial charge in [0.2, 0.25) is 0 Å². The predicted molar refractivity (Wildman–Crippen MR) is 110 cm³/mol. The third kappa shape index (κ3) is 4.56. The molecule has 2 heteroatoms. The summed E-state index contributed by atoms with van der Waals surface area (Å²) in [6, 6.07) is 29.0. The van der Waals surface area contributed by atoms with E-state index in [1.54, 1.807) is 7.11 Å². The number of methoxy groups -OCH3 is 1. The lowest BCUT2D eigenvalue weighted by atomic mass is 10.0. The highest BCUT2D eigenvalue weighted by molar-refractivity contribution is 6.14. The highest BCUT2D eigenvalue weighted by Crippen LogP contribution is 2.21. The maximum atomic E-state index is 5.26. The first kappa shape index (κ1) is 17.8. The lowest BCUT2D eigenvalue weighted by molar-refractivity contribution is 0.234. The first-order chi connectivity index (χ1) is 12.8. The maximum absolute atomic E-state index is 5.26. The third-order valence-corrected chi connectivity index (χ3v) is 4.12. The van der Waals surface area contributed by atoms with Crippen molar-refractivity contribution in [3.05, 3.63) is 113 Å². The summed E-state index contributed by atoms with van der Waals surface area (Å²) in [5.41, 5.74) is 6.36. The quantitative estimate of drug-likeness (QED) is 0.541. The van der Waals surface area contributed by atoms with Gasteiger partial charge in [0.25, 0.3) is 0 Å². The summed E-state index contributed by atoms with van der Waals surface area (Å²) in [7, 11) is 1.70. The van der Waals surface area contributed by atoms with Gasteiger partial charge >= 0.3 is 0 Å². The fourth-order valence-electron chi connectivity index (χ4n) is 2.72. The number of rotatable bonds is 6. The highest BCUT2D eigenvalue weighted by atomic mass is 16.5. The summed E-state index contributed by atoms with van der Waals surface area (Å²) in [5.74, 6) is 0. The lowest BCUT2D eigenvalue weighted by Gasteiger charge is -2.10. The van der Waals surface area contributed by atoms with Crippen LogP contribution in [0.15, 0.2) is 96.0 Å².